The van der Waals surface area contributed by atoms with Crippen LogP contribution in [0.3, 0.4) is 0 Å². The number of nitrogens with two attached hydrogens (primary N) is 1. The Morgan fingerprint density at radius 3 is 2.00 bits per heavy atom. The number of carbonyl (C=O) groups excluding carboxylic acids is 1. The van der Waals surface area contributed by atoms with E-state index in [1.54, 1.807) is 0 Å². The predicted molar refractivity (Wildman–Crippen MR) is 99.1 cm³/mol. The zero-order chi connectivity index (χ0) is 16.0. The summed E-state index contributed by atoms with van der Waals surface area (Å²) in [5, 5.41) is 0. The van der Waals surface area contributed by atoms with E-state index in [-0.39, 0.29) is 18.4 Å². The molecule has 0 amide bonds. The molecule has 0 aliphatic rings. The maximum absolute atomic E-state index is 11.2. The SMILES string of the molecule is CCOC(=O)CCCCCCCCc1ccc(CCN)cc1.Cl. The third kappa shape index (κ3) is 11.2. The number of unbranched alkanes of at least 4 members (excludes halogenated alkanes) is 5. The van der Waals surface area contributed by atoms with Crippen molar-refractivity contribution in [2.24, 2.45) is 5.73 Å². The van der Waals surface area contributed by atoms with Gasteiger partial charge in [0.25, 0.3) is 0 Å². The number of rotatable bonds is 12. The van der Waals surface area contributed by atoms with Gasteiger partial charge in [-0.05, 0) is 50.3 Å². The van der Waals surface area contributed by atoms with Crippen molar-refractivity contribution in [3.05, 3.63) is 35.4 Å². The average Bonchev–Trinajstić information content (AvgIpc) is 2.52. The average molecular weight is 342 g/mol. The lowest BCUT2D eigenvalue weighted by molar-refractivity contribution is -0.143. The van der Waals surface area contributed by atoms with Crippen molar-refractivity contribution in [2.75, 3.05) is 13.2 Å². The molecule has 0 aliphatic carbocycles. The van der Waals surface area contributed by atoms with Crippen molar-refractivity contribution < 1.29 is 9.53 Å². The molecule has 0 unspecified atom stereocenters. The molecule has 0 aromatic heterocycles. The summed E-state index contributed by atoms with van der Waals surface area (Å²) in [6.45, 7) is 3.06. The summed E-state index contributed by atoms with van der Waals surface area (Å²) in [4.78, 5) is 11.2. The normalized spacial score (nSPS) is 10.2. The van der Waals surface area contributed by atoms with Gasteiger partial charge in [0.05, 0.1) is 6.61 Å². The molecular formula is C19H32ClNO2. The molecule has 3 nitrogen and oxygen atoms in total. The van der Waals surface area contributed by atoms with Crippen LogP contribution in [-0.2, 0) is 22.4 Å². The van der Waals surface area contributed by atoms with Crippen LogP contribution in [0.1, 0.15) is 63.0 Å². The highest BCUT2D eigenvalue weighted by molar-refractivity contribution is 5.85. The second kappa shape index (κ2) is 14.5. The van der Waals surface area contributed by atoms with Gasteiger partial charge in [-0.1, -0.05) is 49.9 Å². The van der Waals surface area contributed by atoms with Gasteiger partial charge in [-0.3, -0.25) is 4.79 Å². The van der Waals surface area contributed by atoms with Crippen molar-refractivity contribution >= 4 is 18.4 Å². The van der Waals surface area contributed by atoms with Gasteiger partial charge >= 0.3 is 5.97 Å². The highest BCUT2D eigenvalue weighted by Crippen LogP contribution is 2.12. The number of halogens is 1. The summed E-state index contributed by atoms with van der Waals surface area (Å²) in [5.41, 5.74) is 8.30. The predicted octanol–water partition coefficient (Wildman–Crippen LogP) is 4.45. The van der Waals surface area contributed by atoms with Gasteiger partial charge in [0, 0.05) is 6.42 Å². The van der Waals surface area contributed by atoms with Crippen molar-refractivity contribution in [3.8, 4) is 0 Å². The fourth-order valence-electron chi connectivity index (χ4n) is 2.58. The van der Waals surface area contributed by atoms with Gasteiger partial charge in [0.2, 0.25) is 0 Å². The van der Waals surface area contributed by atoms with Crippen molar-refractivity contribution in [3.63, 3.8) is 0 Å². The Balaban J connectivity index is 0.00000484. The molecule has 0 radical (unpaired) electrons. The maximum atomic E-state index is 11.2. The van der Waals surface area contributed by atoms with E-state index in [2.05, 4.69) is 24.3 Å². The Morgan fingerprint density at radius 1 is 0.913 bits per heavy atom. The van der Waals surface area contributed by atoms with Crippen LogP contribution >= 0.6 is 12.4 Å². The van der Waals surface area contributed by atoms with E-state index in [1.165, 1.54) is 36.8 Å². The zero-order valence-corrected chi connectivity index (χ0v) is 15.2. The third-order valence-corrected chi connectivity index (χ3v) is 3.86. The van der Waals surface area contributed by atoms with Gasteiger partial charge < -0.3 is 10.5 Å². The van der Waals surface area contributed by atoms with E-state index < -0.39 is 0 Å². The Morgan fingerprint density at radius 2 is 1.43 bits per heavy atom. The van der Waals surface area contributed by atoms with E-state index >= 15 is 0 Å². The van der Waals surface area contributed by atoms with Crippen LogP contribution in [0.5, 0.6) is 0 Å². The number of carbonyl (C=O) groups is 1. The van der Waals surface area contributed by atoms with Crippen LogP contribution < -0.4 is 5.73 Å². The summed E-state index contributed by atoms with van der Waals surface area (Å²) < 4.78 is 4.91. The molecule has 23 heavy (non-hydrogen) atoms. The number of benzene rings is 1. The molecule has 132 valence electrons. The van der Waals surface area contributed by atoms with Gasteiger partial charge in [0.15, 0.2) is 0 Å². The molecule has 1 aromatic carbocycles. The second-order valence-electron chi connectivity index (χ2n) is 5.78. The molecule has 0 fully saturated rings. The summed E-state index contributed by atoms with van der Waals surface area (Å²) >= 11 is 0. The highest BCUT2D eigenvalue weighted by Gasteiger charge is 2.00. The van der Waals surface area contributed by atoms with Gasteiger partial charge in [-0.25, -0.2) is 0 Å². The lowest BCUT2D eigenvalue weighted by atomic mass is 10.0. The molecule has 2 N–H and O–H groups in total. The van der Waals surface area contributed by atoms with Crippen LogP contribution in [0.2, 0.25) is 0 Å². The minimum atomic E-state index is -0.0550. The van der Waals surface area contributed by atoms with E-state index in [0.29, 0.717) is 13.0 Å². The summed E-state index contributed by atoms with van der Waals surface area (Å²) in [7, 11) is 0. The molecule has 0 heterocycles. The number of hydrogen-bond donors (Lipinski definition) is 1. The molecule has 1 aromatic rings. The monoisotopic (exact) mass is 341 g/mol. The Kier molecular flexibility index (Phi) is 13.9. The first-order valence-corrected chi connectivity index (χ1v) is 8.69. The van der Waals surface area contributed by atoms with Crippen LogP contribution in [0, 0.1) is 0 Å². The van der Waals surface area contributed by atoms with Crippen LogP contribution in [0.4, 0.5) is 0 Å². The standard InChI is InChI=1S/C19H31NO2.ClH/c1-2-22-19(21)10-8-6-4-3-5-7-9-17-11-13-18(14-12-17)15-16-20;/h11-14H,2-10,15-16,20H2,1H3;1H. The Labute approximate surface area is 147 Å². The molecule has 1 rings (SSSR count). The largest absolute Gasteiger partial charge is 0.466 e. The second-order valence-corrected chi connectivity index (χ2v) is 5.78. The van der Waals surface area contributed by atoms with E-state index in [0.717, 1.165) is 32.2 Å². The van der Waals surface area contributed by atoms with Gasteiger partial charge in [0.1, 0.15) is 0 Å². The van der Waals surface area contributed by atoms with E-state index in [1.807, 2.05) is 6.92 Å². The summed E-state index contributed by atoms with van der Waals surface area (Å²) in [6.07, 6.45) is 9.77. The van der Waals surface area contributed by atoms with Crippen molar-refractivity contribution in [1.29, 1.82) is 0 Å². The number of aryl methyl sites for hydroxylation is 1. The topological polar surface area (TPSA) is 52.3 Å². The summed E-state index contributed by atoms with van der Waals surface area (Å²) in [6, 6.07) is 8.84. The van der Waals surface area contributed by atoms with Crippen molar-refractivity contribution in [1.82, 2.24) is 0 Å². The minimum Gasteiger partial charge on any atom is -0.466 e. The molecular weight excluding hydrogens is 310 g/mol. The van der Waals surface area contributed by atoms with Crippen molar-refractivity contribution in [2.45, 2.75) is 64.7 Å². The first-order chi connectivity index (χ1) is 10.8. The lowest BCUT2D eigenvalue weighted by Crippen LogP contribution is -2.03. The maximum Gasteiger partial charge on any atom is 0.305 e. The molecule has 0 saturated carbocycles. The van der Waals surface area contributed by atoms with Crippen LogP contribution in [-0.4, -0.2) is 19.1 Å². The fraction of sp³-hybridized carbons (Fsp3) is 0.632. The van der Waals surface area contributed by atoms with Crippen LogP contribution in [0.15, 0.2) is 24.3 Å². The molecule has 4 heteroatoms. The number of hydrogen-bond acceptors (Lipinski definition) is 3. The lowest BCUT2D eigenvalue weighted by Gasteiger charge is -2.04. The number of esters is 1. The summed E-state index contributed by atoms with van der Waals surface area (Å²) in [5.74, 6) is -0.0550. The van der Waals surface area contributed by atoms with Crippen LogP contribution in [0.25, 0.3) is 0 Å². The Bertz CT molecular complexity index is 406. The molecule has 0 aliphatic heterocycles. The first-order valence-electron chi connectivity index (χ1n) is 8.69. The smallest absolute Gasteiger partial charge is 0.305 e. The molecule has 0 bridgehead atoms. The minimum absolute atomic E-state index is 0. The molecule has 0 atom stereocenters. The zero-order valence-electron chi connectivity index (χ0n) is 14.4. The van der Waals surface area contributed by atoms with E-state index in [4.69, 9.17) is 10.5 Å². The molecule has 0 saturated heterocycles. The number of ether oxygens (including phenoxy) is 1. The quantitative estimate of drug-likeness (QED) is 0.451. The third-order valence-electron chi connectivity index (χ3n) is 3.86. The fourth-order valence-corrected chi connectivity index (χ4v) is 2.58. The van der Waals surface area contributed by atoms with Gasteiger partial charge in [-0.15, -0.1) is 12.4 Å². The molecule has 0 spiro atoms. The Hall–Kier alpha value is -1.06. The van der Waals surface area contributed by atoms with Gasteiger partial charge in [-0.2, -0.15) is 0 Å². The van der Waals surface area contributed by atoms with E-state index in [9.17, 15) is 4.79 Å². The highest BCUT2D eigenvalue weighted by atomic mass is 35.5. The first kappa shape index (κ1) is 21.9.